The molecule has 3 aliphatic carbocycles. The van der Waals surface area contributed by atoms with Gasteiger partial charge in [0.1, 0.15) is 12.2 Å². The van der Waals surface area contributed by atoms with Gasteiger partial charge in [-0.1, -0.05) is 0 Å². The molecule has 0 spiro atoms. The van der Waals surface area contributed by atoms with E-state index in [1.54, 1.807) is 0 Å². The van der Waals surface area contributed by atoms with Crippen molar-refractivity contribution in [3.05, 3.63) is 0 Å². The summed E-state index contributed by atoms with van der Waals surface area (Å²) in [5.74, 6) is -1.12. The lowest BCUT2D eigenvalue weighted by molar-refractivity contribution is -0.166. The van der Waals surface area contributed by atoms with Crippen molar-refractivity contribution in [3.63, 3.8) is 0 Å². The fraction of sp³-hybridized carbons (Fsp3) is 0.870. The zero-order valence-electron chi connectivity index (χ0n) is 18.4. The minimum atomic E-state index is -1.31. The molecule has 0 aliphatic heterocycles. The van der Waals surface area contributed by atoms with Crippen LogP contribution in [0.5, 0.6) is 0 Å². The predicted octanol–water partition coefficient (Wildman–Crippen LogP) is 2.48. The first-order valence-electron chi connectivity index (χ1n) is 11.7. The van der Waals surface area contributed by atoms with E-state index in [4.69, 9.17) is 14.2 Å². The number of methoxy groups -OCH3 is 1. The number of aliphatic hydroxyl groups is 2. The zero-order chi connectivity index (χ0) is 22.4. The first-order chi connectivity index (χ1) is 14.9. The predicted molar refractivity (Wildman–Crippen MR) is 109 cm³/mol. The maximum Gasteiger partial charge on any atom is 0.309 e. The molecule has 3 rings (SSSR count). The van der Waals surface area contributed by atoms with Crippen LogP contribution in [0.25, 0.3) is 0 Å². The van der Waals surface area contributed by atoms with Crippen molar-refractivity contribution in [1.29, 1.82) is 0 Å². The molecule has 0 atom stereocenters. The van der Waals surface area contributed by atoms with E-state index in [0.29, 0.717) is 77.0 Å². The van der Waals surface area contributed by atoms with Gasteiger partial charge < -0.3 is 24.4 Å². The molecule has 0 bridgehead atoms. The van der Waals surface area contributed by atoms with Crippen LogP contribution in [0.3, 0.4) is 0 Å². The molecule has 176 valence electrons. The Labute approximate surface area is 183 Å². The number of rotatable bonds is 6. The third kappa shape index (κ3) is 6.65. The second-order valence-corrected chi connectivity index (χ2v) is 9.37. The summed E-state index contributed by atoms with van der Waals surface area (Å²) in [6.45, 7) is 0. The maximum absolute atomic E-state index is 12.5. The van der Waals surface area contributed by atoms with Crippen molar-refractivity contribution in [2.45, 2.75) is 95.5 Å². The standard InChI is InChI=1S/C23H36O8/c1-29-21(26)15-6-8-17(9-7-15)23(28)31-19-12-10-18(11-13-19)30-22(27)16-4-2-14(3-5-16)20(24)25/h14-20,24-25H,2-13H2,1H3. The first-order valence-corrected chi connectivity index (χ1v) is 11.7. The summed E-state index contributed by atoms with van der Waals surface area (Å²) in [5.41, 5.74) is 0. The van der Waals surface area contributed by atoms with Crippen LogP contribution in [0.2, 0.25) is 0 Å². The van der Waals surface area contributed by atoms with Crippen LogP contribution in [-0.2, 0) is 28.6 Å². The summed E-state index contributed by atoms with van der Waals surface area (Å²) in [6.07, 6.45) is 6.30. The van der Waals surface area contributed by atoms with E-state index in [-0.39, 0.29) is 53.8 Å². The van der Waals surface area contributed by atoms with Gasteiger partial charge in [-0.05, 0) is 77.0 Å². The monoisotopic (exact) mass is 440 g/mol. The summed E-state index contributed by atoms with van der Waals surface area (Å²) >= 11 is 0. The number of hydrogen-bond acceptors (Lipinski definition) is 8. The van der Waals surface area contributed by atoms with Gasteiger partial charge in [0.25, 0.3) is 0 Å². The minimum absolute atomic E-state index is 0.108. The van der Waals surface area contributed by atoms with Crippen molar-refractivity contribution in [2.75, 3.05) is 7.11 Å². The van der Waals surface area contributed by atoms with Crippen LogP contribution in [-0.4, -0.2) is 53.7 Å². The van der Waals surface area contributed by atoms with Crippen molar-refractivity contribution >= 4 is 17.9 Å². The number of hydrogen-bond donors (Lipinski definition) is 2. The van der Waals surface area contributed by atoms with Crippen molar-refractivity contribution in [2.24, 2.45) is 23.7 Å². The highest BCUT2D eigenvalue weighted by atomic mass is 16.6. The van der Waals surface area contributed by atoms with Gasteiger partial charge in [0.05, 0.1) is 24.9 Å². The van der Waals surface area contributed by atoms with Crippen molar-refractivity contribution < 1.29 is 38.8 Å². The molecule has 0 saturated heterocycles. The SMILES string of the molecule is COC(=O)C1CCC(C(=O)OC2CCC(OC(=O)C3CCC(C(O)O)CC3)CC2)CC1. The zero-order valence-corrected chi connectivity index (χ0v) is 18.4. The molecule has 8 heteroatoms. The second-order valence-electron chi connectivity index (χ2n) is 9.37. The Bertz CT molecular complexity index is 609. The smallest absolute Gasteiger partial charge is 0.309 e. The molecule has 0 heterocycles. The summed E-state index contributed by atoms with van der Waals surface area (Å²) in [6, 6.07) is 0. The molecular weight excluding hydrogens is 404 g/mol. The Kier molecular flexibility index (Phi) is 8.72. The van der Waals surface area contributed by atoms with E-state index in [1.165, 1.54) is 7.11 Å². The minimum Gasteiger partial charge on any atom is -0.469 e. The Morgan fingerprint density at radius 3 is 1.32 bits per heavy atom. The third-order valence-corrected chi connectivity index (χ3v) is 7.31. The summed E-state index contributed by atoms with van der Waals surface area (Å²) in [4.78, 5) is 36.5. The van der Waals surface area contributed by atoms with Gasteiger partial charge in [0.15, 0.2) is 6.29 Å². The topological polar surface area (TPSA) is 119 Å². The van der Waals surface area contributed by atoms with Crippen LogP contribution in [0.4, 0.5) is 0 Å². The number of carbonyl (C=O) groups excluding carboxylic acids is 3. The molecule has 0 aromatic heterocycles. The fourth-order valence-electron chi connectivity index (χ4n) is 5.17. The van der Waals surface area contributed by atoms with Gasteiger partial charge in [0.2, 0.25) is 0 Å². The van der Waals surface area contributed by atoms with Gasteiger partial charge in [-0.2, -0.15) is 0 Å². The number of carbonyl (C=O) groups is 3. The lowest BCUT2D eigenvalue weighted by Gasteiger charge is -2.32. The highest BCUT2D eigenvalue weighted by Crippen LogP contribution is 2.34. The Morgan fingerprint density at radius 2 is 0.968 bits per heavy atom. The molecule has 3 aliphatic rings. The van der Waals surface area contributed by atoms with Crippen LogP contribution in [0, 0.1) is 23.7 Å². The second kappa shape index (κ2) is 11.3. The largest absolute Gasteiger partial charge is 0.469 e. The molecule has 8 nitrogen and oxygen atoms in total. The highest BCUT2D eigenvalue weighted by molar-refractivity contribution is 5.75. The van der Waals surface area contributed by atoms with Crippen LogP contribution >= 0.6 is 0 Å². The third-order valence-electron chi connectivity index (χ3n) is 7.31. The van der Waals surface area contributed by atoms with Crippen LogP contribution < -0.4 is 0 Å². The molecule has 0 aromatic carbocycles. The number of ether oxygens (including phenoxy) is 3. The summed E-state index contributed by atoms with van der Waals surface area (Å²) < 4.78 is 16.2. The molecular formula is C23H36O8. The van der Waals surface area contributed by atoms with E-state index in [0.717, 1.165) is 0 Å². The molecule has 0 aromatic rings. The average Bonchev–Trinajstić information content (AvgIpc) is 2.80. The Balaban J connectivity index is 1.33. The Hall–Kier alpha value is -1.67. The summed E-state index contributed by atoms with van der Waals surface area (Å²) in [5, 5.41) is 18.5. The maximum atomic E-state index is 12.5. The quantitative estimate of drug-likeness (QED) is 0.367. The van der Waals surface area contributed by atoms with Gasteiger partial charge >= 0.3 is 17.9 Å². The van der Waals surface area contributed by atoms with Gasteiger partial charge in [0, 0.05) is 5.92 Å². The lowest BCUT2D eigenvalue weighted by Crippen LogP contribution is -2.35. The number of esters is 3. The Morgan fingerprint density at radius 1 is 0.613 bits per heavy atom. The molecule has 0 amide bonds. The normalized spacial score (nSPS) is 34.1. The molecule has 0 radical (unpaired) electrons. The van der Waals surface area contributed by atoms with E-state index in [2.05, 4.69) is 0 Å². The first kappa shape index (κ1) is 24.0. The fourth-order valence-corrected chi connectivity index (χ4v) is 5.17. The van der Waals surface area contributed by atoms with Crippen LogP contribution in [0.15, 0.2) is 0 Å². The molecule has 3 saturated carbocycles. The van der Waals surface area contributed by atoms with Gasteiger partial charge in [-0.15, -0.1) is 0 Å². The van der Waals surface area contributed by atoms with Gasteiger partial charge in [-0.3, -0.25) is 14.4 Å². The average molecular weight is 441 g/mol. The van der Waals surface area contributed by atoms with Gasteiger partial charge in [-0.25, -0.2) is 0 Å². The highest BCUT2D eigenvalue weighted by Gasteiger charge is 2.35. The van der Waals surface area contributed by atoms with Crippen molar-refractivity contribution in [3.8, 4) is 0 Å². The lowest BCUT2D eigenvalue weighted by atomic mass is 9.81. The molecule has 2 N–H and O–H groups in total. The van der Waals surface area contributed by atoms with Crippen molar-refractivity contribution in [1.82, 2.24) is 0 Å². The molecule has 31 heavy (non-hydrogen) atoms. The number of aliphatic hydroxyl groups excluding tert-OH is 1. The van der Waals surface area contributed by atoms with E-state index in [9.17, 15) is 24.6 Å². The molecule has 3 fully saturated rings. The van der Waals surface area contributed by atoms with E-state index < -0.39 is 6.29 Å². The molecule has 0 unspecified atom stereocenters. The van der Waals surface area contributed by atoms with E-state index >= 15 is 0 Å². The van der Waals surface area contributed by atoms with Crippen LogP contribution in [0.1, 0.15) is 77.0 Å². The summed E-state index contributed by atoms with van der Waals surface area (Å²) in [7, 11) is 1.39. The van der Waals surface area contributed by atoms with E-state index in [1.807, 2.05) is 0 Å².